The van der Waals surface area contributed by atoms with Crippen molar-refractivity contribution in [2.45, 2.75) is 46.6 Å². The van der Waals surface area contributed by atoms with Crippen LogP contribution in [0.25, 0.3) is 6.08 Å². The lowest BCUT2D eigenvalue weighted by Crippen LogP contribution is -2.27. The van der Waals surface area contributed by atoms with E-state index in [0.717, 1.165) is 16.9 Å². The van der Waals surface area contributed by atoms with Crippen molar-refractivity contribution < 1.29 is 19.0 Å². The second-order valence-corrected chi connectivity index (χ2v) is 11.8. The summed E-state index contributed by atoms with van der Waals surface area (Å²) in [6.07, 6.45) is 2.48. The van der Waals surface area contributed by atoms with E-state index in [-0.39, 0.29) is 5.91 Å². The number of thiocarbonyl (C=S) groups is 1. The number of rotatable bonds is 12. The highest BCUT2D eigenvalue weighted by Gasteiger charge is 2.32. The molecule has 0 aliphatic carbocycles. The van der Waals surface area contributed by atoms with Crippen molar-refractivity contribution in [3.8, 4) is 17.2 Å². The molecule has 210 valence electrons. The third-order valence-corrected chi connectivity index (χ3v) is 7.93. The first-order valence-corrected chi connectivity index (χ1v) is 15.0. The van der Waals surface area contributed by atoms with Crippen LogP contribution < -0.4 is 14.2 Å². The standard InChI is InChI=1S/C32H34ClNO4S2/c1-5-36-28-18-24(19-29-31(35)34(32(39)40-29)20-23-10-7-6-8-11-23)17-26(33)30(28)38-15-9-14-37-27-16-22(4)12-13-25(27)21(2)3/h6-8,10-13,16-19,21H,5,9,14-15,20H2,1-4H3/b29-19-. The van der Waals surface area contributed by atoms with Gasteiger partial charge in [0, 0.05) is 6.42 Å². The summed E-state index contributed by atoms with van der Waals surface area (Å²) in [4.78, 5) is 15.3. The van der Waals surface area contributed by atoms with Gasteiger partial charge in [0.25, 0.3) is 5.91 Å². The Kier molecular flexibility index (Phi) is 10.5. The molecule has 0 aromatic heterocycles. The maximum Gasteiger partial charge on any atom is 0.266 e. The summed E-state index contributed by atoms with van der Waals surface area (Å²) in [7, 11) is 0. The van der Waals surface area contributed by atoms with E-state index in [1.165, 1.54) is 22.9 Å². The lowest BCUT2D eigenvalue weighted by molar-refractivity contribution is -0.122. The Morgan fingerprint density at radius 3 is 2.48 bits per heavy atom. The van der Waals surface area contributed by atoms with Gasteiger partial charge in [0.2, 0.25) is 0 Å². The summed E-state index contributed by atoms with van der Waals surface area (Å²) >= 11 is 13.4. The number of hydrogen-bond acceptors (Lipinski definition) is 6. The van der Waals surface area contributed by atoms with Gasteiger partial charge in [-0.05, 0) is 66.3 Å². The van der Waals surface area contributed by atoms with Crippen molar-refractivity contribution in [2.24, 2.45) is 0 Å². The van der Waals surface area contributed by atoms with Crippen molar-refractivity contribution in [2.75, 3.05) is 19.8 Å². The Bertz CT molecular complexity index is 1390. The van der Waals surface area contributed by atoms with Crippen LogP contribution in [0.1, 0.15) is 55.4 Å². The van der Waals surface area contributed by atoms with Gasteiger partial charge < -0.3 is 14.2 Å². The lowest BCUT2D eigenvalue weighted by Gasteiger charge is -2.16. The molecular weight excluding hydrogens is 562 g/mol. The third-order valence-electron chi connectivity index (χ3n) is 6.27. The smallest absolute Gasteiger partial charge is 0.266 e. The molecule has 1 aliphatic rings. The highest BCUT2D eigenvalue weighted by molar-refractivity contribution is 8.26. The van der Waals surface area contributed by atoms with E-state index in [4.69, 9.17) is 38.0 Å². The summed E-state index contributed by atoms with van der Waals surface area (Å²) in [6.45, 7) is 10.1. The molecule has 0 N–H and O–H groups in total. The number of ether oxygens (including phenoxy) is 3. The molecule has 1 amide bonds. The van der Waals surface area contributed by atoms with Crippen LogP contribution in [0, 0.1) is 6.92 Å². The Labute approximate surface area is 251 Å². The molecule has 40 heavy (non-hydrogen) atoms. The van der Waals surface area contributed by atoms with Gasteiger partial charge >= 0.3 is 0 Å². The number of nitrogens with zero attached hydrogens (tertiary/aromatic N) is 1. The zero-order chi connectivity index (χ0) is 28.6. The van der Waals surface area contributed by atoms with E-state index in [0.29, 0.717) is 64.5 Å². The van der Waals surface area contributed by atoms with E-state index < -0.39 is 0 Å². The fourth-order valence-corrected chi connectivity index (χ4v) is 5.82. The summed E-state index contributed by atoms with van der Waals surface area (Å²) in [6, 6.07) is 19.7. The molecule has 4 rings (SSSR count). The first-order valence-electron chi connectivity index (χ1n) is 13.4. The van der Waals surface area contributed by atoms with Crippen molar-refractivity contribution in [1.29, 1.82) is 0 Å². The van der Waals surface area contributed by atoms with Crippen LogP contribution in [-0.4, -0.2) is 34.9 Å². The van der Waals surface area contributed by atoms with E-state index in [9.17, 15) is 4.79 Å². The maximum absolute atomic E-state index is 13.1. The summed E-state index contributed by atoms with van der Waals surface area (Å²) in [5, 5.41) is 0.415. The van der Waals surface area contributed by atoms with E-state index >= 15 is 0 Å². The number of carbonyl (C=O) groups excluding carboxylic acids is 1. The zero-order valence-corrected chi connectivity index (χ0v) is 25.6. The molecule has 3 aromatic carbocycles. The van der Waals surface area contributed by atoms with Gasteiger partial charge in [-0.2, -0.15) is 0 Å². The van der Waals surface area contributed by atoms with Gasteiger partial charge in [-0.3, -0.25) is 9.69 Å². The topological polar surface area (TPSA) is 48.0 Å². The molecule has 5 nitrogen and oxygen atoms in total. The molecule has 1 aliphatic heterocycles. The van der Waals surface area contributed by atoms with Gasteiger partial charge in [-0.1, -0.05) is 91.9 Å². The molecule has 8 heteroatoms. The monoisotopic (exact) mass is 595 g/mol. The highest BCUT2D eigenvalue weighted by atomic mass is 35.5. The normalized spacial score (nSPS) is 14.3. The molecule has 1 heterocycles. The molecular formula is C32H34ClNO4S2. The second-order valence-electron chi connectivity index (χ2n) is 9.76. The van der Waals surface area contributed by atoms with Crippen LogP contribution in [0.3, 0.4) is 0 Å². The van der Waals surface area contributed by atoms with Crippen LogP contribution in [0.5, 0.6) is 17.2 Å². The SMILES string of the molecule is CCOc1cc(/C=C2\SC(=S)N(Cc3ccccc3)C2=O)cc(Cl)c1OCCCOc1cc(C)ccc1C(C)C. The zero-order valence-electron chi connectivity index (χ0n) is 23.2. The molecule has 0 saturated carbocycles. The van der Waals surface area contributed by atoms with Crippen molar-refractivity contribution in [3.05, 3.63) is 92.8 Å². The van der Waals surface area contributed by atoms with Gasteiger partial charge in [-0.25, -0.2) is 0 Å². The molecule has 0 radical (unpaired) electrons. The van der Waals surface area contributed by atoms with Crippen molar-refractivity contribution in [1.82, 2.24) is 4.90 Å². The van der Waals surface area contributed by atoms with Crippen molar-refractivity contribution in [3.63, 3.8) is 0 Å². The predicted octanol–water partition coefficient (Wildman–Crippen LogP) is 8.42. The fourth-order valence-electron chi connectivity index (χ4n) is 4.29. The number of hydrogen-bond donors (Lipinski definition) is 0. The first-order chi connectivity index (χ1) is 19.3. The summed E-state index contributed by atoms with van der Waals surface area (Å²) < 4.78 is 18.5. The average molecular weight is 596 g/mol. The predicted molar refractivity (Wildman–Crippen MR) is 169 cm³/mol. The molecule has 0 atom stereocenters. The Morgan fingerprint density at radius 1 is 1.00 bits per heavy atom. The minimum atomic E-state index is -0.123. The number of carbonyl (C=O) groups is 1. The van der Waals surface area contributed by atoms with E-state index in [2.05, 4.69) is 39.0 Å². The first kappa shape index (κ1) is 30.0. The molecule has 0 spiro atoms. The maximum atomic E-state index is 13.1. The highest BCUT2D eigenvalue weighted by Crippen LogP contribution is 2.39. The molecule has 1 saturated heterocycles. The van der Waals surface area contributed by atoms with Crippen LogP contribution in [0.15, 0.2) is 65.6 Å². The van der Waals surface area contributed by atoms with Crippen LogP contribution in [0.2, 0.25) is 5.02 Å². The minimum absolute atomic E-state index is 0.123. The molecule has 3 aromatic rings. The minimum Gasteiger partial charge on any atom is -0.493 e. The van der Waals surface area contributed by atoms with Gasteiger partial charge in [0.1, 0.15) is 10.1 Å². The number of aryl methyl sites for hydroxylation is 1. The largest absolute Gasteiger partial charge is 0.493 e. The third kappa shape index (κ3) is 7.59. The Hall–Kier alpha value is -3.00. The van der Waals surface area contributed by atoms with Crippen molar-refractivity contribution >= 4 is 51.9 Å². The van der Waals surface area contributed by atoms with Gasteiger partial charge in [0.15, 0.2) is 11.5 Å². The lowest BCUT2D eigenvalue weighted by atomic mass is 10.0. The molecule has 1 fully saturated rings. The summed E-state index contributed by atoms with van der Waals surface area (Å²) in [5.41, 5.74) is 4.13. The number of halogens is 1. The quantitative estimate of drug-likeness (QED) is 0.119. The fraction of sp³-hybridized carbons (Fsp3) is 0.312. The Balaban J connectivity index is 1.41. The van der Waals surface area contributed by atoms with Crippen LogP contribution in [0.4, 0.5) is 0 Å². The number of benzene rings is 3. The Morgan fingerprint density at radius 2 is 1.75 bits per heavy atom. The second kappa shape index (κ2) is 14.1. The number of amides is 1. The average Bonchev–Trinajstić information content (AvgIpc) is 3.17. The van der Waals surface area contributed by atoms with Gasteiger partial charge in [-0.15, -0.1) is 0 Å². The van der Waals surface area contributed by atoms with Crippen LogP contribution >= 0.6 is 35.6 Å². The number of thioether (sulfide) groups is 1. The molecule has 0 bridgehead atoms. The van der Waals surface area contributed by atoms with E-state index in [1.807, 2.05) is 43.3 Å². The molecule has 0 unspecified atom stereocenters. The van der Waals surface area contributed by atoms with E-state index in [1.54, 1.807) is 17.0 Å². The van der Waals surface area contributed by atoms with Crippen LogP contribution in [-0.2, 0) is 11.3 Å². The van der Waals surface area contributed by atoms with Gasteiger partial charge in [0.05, 0.1) is 36.3 Å². The summed E-state index contributed by atoms with van der Waals surface area (Å²) in [5.74, 6) is 2.19.